The molecular formula is C31H31NO4. The normalized spacial score (nSPS) is 20.6. The van der Waals surface area contributed by atoms with Gasteiger partial charge >= 0.3 is 0 Å². The number of Topliss-reactive ketones (excluding diaryl/α,β-unsaturated/α-hetero) is 1. The second kappa shape index (κ2) is 9.65. The molecule has 0 aromatic heterocycles. The van der Waals surface area contributed by atoms with Crippen molar-refractivity contribution in [1.82, 2.24) is 4.90 Å². The molecule has 0 spiro atoms. The first-order chi connectivity index (χ1) is 17.3. The Kier molecular flexibility index (Phi) is 6.40. The minimum atomic E-state index is -0.654. The molecule has 1 amide bonds. The van der Waals surface area contributed by atoms with E-state index in [1.807, 2.05) is 73.7 Å². The summed E-state index contributed by atoms with van der Waals surface area (Å²) in [5.41, 5.74) is 4.72. The van der Waals surface area contributed by atoms with Crippen molar-refractivity contribution < 1.29 is 19.4 Å². The predicted octanol–water partition coefficient (Wildman–Crippen LogP) is 5.80. The van der Waals surface area contributed by atoms with Gasteiger partial charge in [-0.15, -0.1) is 0 Å². The largest absolute Gasteiger partial charge is 0.507 e. The summed E-state index contributed by atoms with van der Waals surface area (Å²) in [6.07, 6.45) is 1.42. The molecule has 2 unspecified atom stereocenters. The van der Waals surface area contributed by atoms with Crippen molar-refractivity contribution in [3.8, 4) is 5.75 Å². The van der Waals surface area contributed by atoms with Crippen LogP contribution in [0.15, 0.2) is 78.4 Å². The molecule has 2 aliphatic heterocycles. The van der Waals surface area contributed by atoms with Crippen molar-refractivity contribution in [3.63, 3.8) is 0 Å². The minimum Gasteiger partial charge on any atom is -0.507 e. The number of nitrogens with zero attached hydrogens (tertiary/aromatic N) is 1. The molecule has 3 aromatic rings. The van der Waals surface area contributed by atoms with Crippen molar-refractivity contribution in [1.29, 1.82) is 0 Å². The minimum absolute atomic E-state index is 0.0698. The molecule has 0 saturated carbocycles. The topological polar surface area (TPSA) is 66.8 Å². The van der Waals surface area contributed by atoms with Gasteiger partial charge in [-0.2, -0.15) is 0 Å². The van der Waals surface area contributed by atoms with Crippen LogP contribution in [-0.2, 0) is 22.4 Å². The van der Waals surface area contributed by atoms with Crippen LogP contribution in [-0.4, -0.2) is 34.3 Å². The van der Waals surface area contributed by atoms with Crippen LogP contribution in [0.1, 0.15) is 60.5 Å². The van der Waals surface area contributed by atoms with Crippen LogP contribution in [0.5, 0.6) is 5.75 Å². The van der Waals surface area contributed by atoms with Gasteiger partial charge < -0.3 is 14.7 Å². The van der Waals surface area contributed by atoms with Gasteiger partial charge in [0, 0.05) is 18.5 Å². The van der Waals surface area contributed by atoms with E-state index in [9.17, 15) is 14.7 Å². The molecular weight excluding hydrogens is 450 g/mol. The van der Waals surface area contributed by atoms with Gasteiger partial charge in [-0.25, -0.2) is 0 Å². The van der Waals surface area contributed by atoms with Gasteiger partial charge in [0.15, 0.2) is 0 Å². The maximum atomic E-state index is 13.4. The van der Waals surface area contributed by atoms with Crippen molar-refractivity contribution in [2.24, 2.45) is 0 Å². The van der Waals surface area contributed by atoms with Gasteiger partial charge in [0.05, 0.1) is 11.6 Å². The molecule has 5 heteroatoms. The van der Waals surface area contributed by atoms with Crippen LogP contribution in [0, 0.1) is 0 Å². The van der Waals surface area contributed by atoms with E-state index in [4.69, 9.17) is 4.74 Å². The smallest absolute Gasteiger partial charge is 0.295 e. The monoisotopic (exact) mass is 481 g/mol. The third-order valence-electron chi connectivity index (χ3n) is 7.11. The second-order valence-electron chi connectivity index (χ2n) is 10.0. The Morgan fingerprint density at radius 3 is 2.44 bits per heavy atom. The van der Waals surface area contributed by atoms with E-state index in [1.54, 1.807) is 11.0 Å². The fourth-order valence-electron chi connectivity index (χ4n) is 5.14. The molecule has 0 bridgehead atoms. The SMILES string of the molecule is CC1Cc2cc(/C(O)=C3\C(=O)C(=O)N(CCc4ccccc4)C3c3ccc(C(C)C)cc3)ccc2O1. The highest BCUT2D eigenvalue weighted by molar-refractivity contribution is 6.46. The Bertz CT molecular complexity index is 1320. The third kappa shape index (κ3) is 4.41. The number of benzene rings is 3. The number of likely N-dealkylation sites (tertiary alicyclic amines) is 1. The number of carbonyl (C=O) groups excluding carboxylic acids is 2. The van der Waals surface area contributed by atoms with Crippen LogP contribution in [0.3, 0.4) is 0 Å². The average molecular weight is 482 g/mol. The molecule has 3 aromatic carbocycles. The lowest BCUT2D eigenvalue weighted by Crippen LogP contribution is -2.31. The summed E-state index contributed by atoms with van der Waals surface area (Å²) in [7, 11) is 0. The molecule has 5 rings (SSSR count). The van der Waals surface area contributed by atoms with Crippen molar-refractivity contribution >= 4 is 17.4 Å². The zero-order valence-electron chi connectivity index (χ0n) is 20.9. The summed E-state index contributed by atoms with van der Waals surface area (Å²) >= 11 is 0. The van der Waals surface area contributed by atoms with E-state index in [2.05, 4.69) is 13.8 Å². The Morgan fingerprint density at radius 1 is 1.03 bits per heavy atom. The highest BCUT2D eigenvalue weighted by atomic mass is 16.5. The van der Waals surface area contributed by atoms with Gasteiger partial charge in [0.25, 0.3) is 11.7 Å². The molecule has 2 atom stereocenters. The summed E-state index contributed by atoms with van der Waals surface area (Å²) in [4.78, 5) is 28.2. The predicted molar refractivity (Wildman–Crippen MR) is 140 cm³/mol. The lowest BCUT2D eigenvalue weighted by atomic mass is 9.92. The molecule has 5 nitrogen and oxygen atoms in total. The van der Waals surface area contributed by atoms with E-state index >= 15 is 0 Å². The molecule has 1 saturated heterocycles. The Morgan fingerprint density at radius 2 is 1.75 bits per heavy atom. The molecule has 2 heterocycles. The van der Waals surface area contributed by atoms with E-state index in [-0.39, 0.29) is 17.4 Å². The van der Waals surface area contributed by atoms with Gasteiger partial charge in [0.1, 0.15) is 17.6 Å². The second-order valence-corrected chi connectivity index (χ2v) is 10.0. The molecule has 1 N–H and O–H groups in total. The first kappa shape index (κ1) is 23.9. The van der Waals surface area contributed by atoms with Crippen LogP contribution in [0.4, 0.5) is 0 Å². The zero-order valence-corrected chi connectivity index (χ0v) is 20.9. The van der Waals surface area contributed by atoms with Crippen LogP contribution < -0.4 is 4.74 Å². The van der Waals surface area contributed by atoms with Gasteiger partial charge in [0.2, 0.25) is 0 Å². The summed E-state index contributed by atoms with van der Waals surface area (Å²) in [5, 5.41) is 11.4. The first-order valence-corrected chi connectivity index (χ1v) is 12.6. The summed E-state index contributed by atoms with van der Waals surface area (Å²) in [6.45, 7) is 6.62. The molecule has 36 heavy (non-hydrogen) atoms. The number of rotatable bonds is 6. The number of hydrogen-bond donors (Lipinski definition) is 1. The van der Waals surface area contributed by atoms with E-state index < -0.39 is 17.7 Å². The molecule has 0 radical (unpaired) electrons. The zero-order chi connectivity index (χ0) is 25.4. The Balaban J connectivity index is 1.57. The lowest BCUT2D eigenvalue weighted by molar-refractivity contribution is -0.139. The Labute approximate surface area is 212 Å². The van der Waals surface area contributed by atoms with Crippen molar-refractivity contribution in [2.75, 3.05) is 6.54 Å². The number of hydrogen-bond acceptors (Lipinski definition) is 4. The quantitative estimate of drug-likeness (QED) is 0.275. The molecule has 1 fully saturated rings. The van der Waals surface area contributed by atoms with Crippen LogP contribution in [0.2, 0.25) is 0 Å². The molecule has 184 valence electrons. The maximum Gasteiger partial charge on any atom is 0.295 e. The maximum absolute atomic E-state index is 13.4. The van der Waals surface area contributed by atoms with Crippen LogP contribution in [0.25, 0.3) is 5.76 Å². The summed E-state index contributed by atoms with van der Waals surface area (Å²) in [5.74, 6) is -0.217. The number of ketones is 1. The highest BCUT2D eigenvalue weighted by Crippen LogP contribution is 2.41. The molecule has 2 aliphatic rings. The molecule has 0 aliphatic carbocycles. The van der Waals surface area contributed by atoms with Gasteiger partial charge in [-0.1, -0.05) is 68.4 Å². The van der Waals surface area contributed by atoms with E-state index in [0.717, 1.165) is 28.9 Å². The number of aliphatic hydroxyl groups is 1. The summed E-state index contributed by atoms with van der Waals surface area (Å²) in [6, 6.07) is 22.7. The fraction of sp³-hybridized carbons (Fsp3) is 0.290. The highest BCUT2D eigenvalue weighted by Gasteiger charge is 2.46. The van der Waals surface area contributed by atoms with E-state index in [1.165, 1.54) is 5.56 Å². The van der Waals surface area contributed by atoms with Crippen molar-refractivity contribution in [2.45, 2.75) is 51.7 Å². The average Bonchev–Trinajstić information content (AvgIpc) is 3.38. The van der Waals surface area contributed by atoms with Gasteiger partial charge in [-0.05, 0) is 59.7 Å². The first-order valence-electron chi connectivity index (χ1n) is 12.6. The van der Waals surface area contributed by atoms with Gasteiger partial charge in [-0.3, -0.25) is 9.59 Å². The summed E-state index contributed by atoms with van der Waals surface area (Å²) < 4.78 is 5.79. The number of aliphatic hydroxyl groups excluding tert-OH is 1. The fourth-order valence-corrected chi connectivity index (χ4v) is 5.14. The third-order valence-corrected chi connectivity index (χ3v) is 7.11. The van der Waals surface area contributed by atoms with E-state index in [0.29, 0.717) is 24.4 Å². The standard InChI is InChI=1S/C31H31NO4/c1-19(2)22-9-11-23(12-10-22)28-27(29(33)24-13-14-26-25(18-24)17-20(3)36-26)30(34)31(35)32(28)16-15-21-7-5-4-6-8-21/h4-14,18-20,28,33H,15-17H2,1-3H3/b29-27+. The Hall–Kier alpha value is -3.86. The number of ether oxygens (including phenoxy) is 1. The number of fused-ring (bicyclic) bond motifs is 1. The van der Waals surface area contributed by atoms with Crippen LogP contribution >= 0.6 is 0 Å². The number of amides is 1. The lowest BCUT2D eigenvalue weighted by Gasteiger charge is -2.26. The number of carbonyl (C=O) groups is 2. The van der Waals surface area contributed by atoms with Crippen molar-refractivity contribution in [3.05, 3.63) is 106 Å².